The summed E-state index contributed by atoms with van der Waals surface area (Å²) in [6.45, 7) is 2.09. The molecule has 0 bridgehead atoms. The molecule has 1 unspecified atom stereocenters. The highest BCUT2D eigenvalue weighted by atomic mass is 32.2. The van der Waals surface area contributed by atoms with Crippen molar-refractivity contribution in [1.82, 2.24) is 0 Å². The first-order chi connectivity index (χ1) is 5.24. The first-order valence-corrected chi connectivity index (χ1v) is 5.36. The molecule has 0 aliphatic heterocycles. The predicted molar refractivity (Wildman–Crippen MR) is 47.4 cm³/mol. The Hall–Kier alpha value is -0.190. The minimum atomic E-state index is -1.79. The van der Waals surface area contributed by atoms with E-state index in [1.54, 1.807) is 6.07 Å². The summed E-state index contributed by atoms with van der Waals surface area (Å²) in [7, 11) is 0. The van der Waals surface area contributed by atoms with Gasteiger partial charge in [0.2, 0.25) is 0 Å². The second-order valence-electron chi connectivity index (χ2n) is 2.22. The van der Waals surface area contributed by atoms with Crippen LogP contribution in [0.15, 0.2) is 16.3 Å². The molecule has 11 heavy (non-hydrogen) atoms. The van der Waals surface area contributed by atoms with Gasteiger partial charge in [-0.25, -0.2) is 4.21 Å². The maximum atomic E-state index is 10.5. The zero-order valence-corrected chi connectivity index (χ0v) is 7.87. The van der Waals surface area contributed by atoms with E-state index < -0.39 is 11.1 Å². The Bertz CT molecular complexity index is 255. The largest absolute Gasteiger partial charge is 0.302 e. The van der Waals surface area contributed by atoms with Gasteiger partial charge in [-0.1, -0.05) is 13.3 Å². The van der Waals surface area contributed by atoms with E-state index in [0.29, 0.717) is 4.21 Å². The van der Waals surface area contributed by atoms with Crippen LogP contribution in [0.5, 0.6) is 0 Å². The highest BCUT2D eigenvalue weighted by Gasteiger charge is 2.03. The molecule has 0 fully saturated rings. The Morgan fingerprint density at radius 2 is 2.36 bits per heavy atom. The molecule has 2 nitrogen and oxygen atoms in total. The van der Waals surface area contributed by atoms with Crippen LogP contribution in [0.25, 0.3) is 0 Å². The van der Waals surface area contributed by atoms with Crippen molar-refractivity contribution in [1.29, 1.82) is 0 Å². The molecule has 0 radical (unpaired) electrons. The Morgan fingerprint density at radius 3 is 2.82 bits per heavy atom. The van der Waals surface area contributed by atoms with Crippen molar-refractivity contribution in [2.75, 3.05) is 0 Å². The van der Waals surface area contributed by atoms with Crippen LogP contribution in [0.1, 0.15) is 18.2 Å². The molecular formula is C7H10O2S2. The van der Waals surface area contributed by atoms with Crippen LogP contribution >= 0.6 is 11.3 Å². The number of rotatable bonds is 3. The van der Waals surface area contributed by atoms with Gasteiger partial charge < -0.3 is 4.55 Å². The predicted octanol–water partition coefficient (Wildman–Crippen LogP) is 2.28. The van der Waals surface area contributed by atoms with Gasteiger partial charge in [0.1, 0.15) is 4.21 Å². The van der Waals surface area contributed by atoms with E-state index in [-0.39, 0.29) is 0 Å². The van der Waals surface area contributed by atoms with Crippen molar-refractivity contribution in [3.63, 3.8) is 0 Å². The molecule has 1 N–H and O–H groups in total. The molecule has 4 heteroatoms. The SMILES string of the molecule is CCCc1ccc(S(=O)O)s1. The summed E-state index contributed by atoms with van der Waals surface area (Å²) in [5.41, 5.74) is 0. The highest BCUT2D eigenvalue weighted by Crippen LogP contribution is 2.20. The molecule has 0 aliphatic carbocycles. The van der Waals surface area contributed by atoms with Crippen molar-refractivity contribution < 1.29 is 8.76 Å². The summed E-state index contributed by atoms with van der Waals surface area (Å²) in [4.78, 5) is 1.19. The average Bonchev–Trinajstić information content (AvgIpc) is 2.37. The third-order valence-corrected chi connectivity index (χ3v) is 3.40. The molecular weight excluding hydrogens is 180 g/mol. The van der Waals surface area contributed by atoms with Gasteiger partial charge in [0, 0.05) is 4.88 Å². The van der Waals surface area contributed by atoms with Gasteiger partial charge in [-0.15, -0.1) is 11.3 Å². The van der Waals surface area contributed by atoms with Gasteiger partial charge in [0.05, 0.1) is 0 Å². The number of hydrogen-bond donors (Lipinski definition) is 1. The topological polar surface area (TPSA) is 37.3 Å². The third-order valence-electron chi connectivity index (χ3n) is 1.31. The normalized spacial score (nSPS) is 13.3. The van der Waals surface area contributed by atoms with E-state index in [9.17, 15) is 4.21 Å². The number of thiophene rings is 1. The van der Waals surface area contributed by atoms with Crippen LogP contribution in [-0.2, 0) is 17.5 Å². The lowest BCUT2D eigenvalue weighted by Crippen LogP contribution is -1.80. The average molecular weight is 190 g/mol. The molecule has 1 heterocycles. The molecule has 0 saturated heterocycles. The molecule has 1 aromatic heterocycles. The fourth-order valence-electron chi connectivity index (χ4n) is 0.833. The van der Waals surface area contributed by atoms with Crippen molar-refractivity contribution in [3.8, 4) is 0 Å². The van der Waals surface area contributed by atoms with Crippen molar-refractivity contribution >= 4 is 22.4 Å². The van der Waals surface area contributed by atoms with Crippen LogP contribution in [0.4, 0.5) is 0 Å². The monoisotopic (exact) mass is 190 g/mol. The number of aryl methyl sites for hydroxylation is 1. The lowest BCUT2D eigenvalue weighted by Gasteiger charge is -1.88. The highest BCUT2D eigenvalue weighted by molar-refractivity contribution is 7.81. The fraction of sp³-hybridized carbons (Fsp3) is 0.429. The van der Waals surface area contributed by atoms with Gasteiger partial charge in [-0.3, -0.25) is 0 Å². The van der Waals surface area contributed by atoms with E-state index >= 15 is 0 Å². The second-order valence-corrected chi connectivity index (χ2v) is 4.58. The summed E-state index contributed by atoms with van der Waals surface area (Å²) in [6.07, 6.45) is 2.08. The lowest BCUT2D eigenvalue weighted by molar-refractivity contribution is 0.566. The van der Waals surface area contributed by atoms with E-state index in [2.05, 4.69) is 6.92 Å². The van der Waals surface area contributed by atoms with Crippen LogP contribution in [0.2, 0.25) is 0 Å². The van der Waals surface area contributed by atoms with Crippen molar-refractivity contribution in [2.24, 2.45) is 0 Å². The summed E-state index contributed by atoms with van der Waals surface area (Å²) in [5.74, 6) is 0. The van der Waals surface area contributed by atoms with Crippen molar-refractivity contribution in [2.45, 2.75) is 24.0 Å². The van der Waals surface area contributed by atoms with E-state index in [0.717, 1.165) is 12.8 Å². The number of hydrogen-bond acceptors (Lipinski definition) is 2. The minimum Gasteiger partial charge on any atom is -0.302 e. The summed E-state index contributed by atoms with van der Waals surface area (Å²) in [5, 5.41) is 0. The molecule has 0 aromatic carbocycles. The smallest absolute Gasteiger partial charge is 0.196 e. The third kappa shape index (κ3) is 2.39. The zero-order chi connectivity index (χ0) is 8.27. The van der Waals surface area contributed by atoms with Gasteiger partial charge >= 0.3 is 0 Å². The molecule has 1 aromatic rings. The standard InChI is InChI=1S/C7H10O2S2/c1-2-3-6-4-5-7(10-6)11(8)9/h4-5H,2-3H2,1H3,(H,8,9). The lowest BCUT2D eigenvalue weighted by atomic mass is 10.3. The van der Waals surface area contributed by atoms with Crippen LogP contribution in [0, 0.1) is 0 Å². The van der Waals surface area contributed by atoms with Crippen LogP contribution < -0.4 is 0 Å². The van der Waals surface area contributed by atoms with Gasteiger partial charge in [-0.05, 0) is 18.6 Å². The molecule has 0 spiro atoms. The first kappa shape index (κ1) is 8.90. The molecule has 1 rings (SSSR count). The van der Waals surface area contributed by atoms with E-state index in [1.807, 2.05) is 6.07 Å². The van der Waals surface area contributed by atoms with Gasteiger partial charge in [0.25, 0.3) is 0 Å². The Labute approximate surface area is 72.5 Å². The van der Waals surface area contributed by atoms with E-state index in [4.69, 9.17) is 4.55 Å². The molecule has 0 amide bonds. The molecule has 0 aliphatic rings. The quantitative estimate of drug-likeness (QED) is 0.742. The van der Waals surface area contributed by atoms with Gasteiger partial charge in [0.15, 0.2) is 11.1 Å². The zero-order valence-electron chi connectivity index (χ0n) is 6.24. The summed E-state index contributed by atoms with van der Waals surface area (Å²) >= 11 is -0.378. The molecule has 62 valence electrons. The van der Waals surface area contributed by atoms with Crippen molar-refractivity contribution in [3.05, 3.63) is 17.0 Å². The Morgan fingerprint density at radius 1 is 1.64 bits per heavy atom. The first-order valence-electron chi connectivity index (χ1n) is 3.43. The van der Waals surface area contributed by atoms with E-state index in [1.165, 1.54) is 16.2 Å². The Balaban J connectivity index is 2.73. The molecule has 0 saturated carbocycles. The summed E-state index contributed by atoms with van der Waals surface area (Å²) in [6, 6.07) is 3.63. The maximum absolute atomic E-state index is 10.5. The van der Waals surface area contributed by atoms with Crippen LogP contribution in [-0.4, -0.2) is 8.76 Å². The van der Waals surface area contributed by atoms with Crippen LogP contribution in [0.3, 0.4) is 0 Å². The minimum absolute atomic E-state index is 0.549. The summed E-state index contributed by atoms with van der Waals surface area (Å²) < 4.78 is 19.8. The van der Waals surface area contributed by atoms with Gasteiger partial charge in [-0.2, -0.15) is 0 Å². The second kappa shape index (κ2) is 3.99. The Kier molecular flexibility index (Phi) is 3.23. The maximum Gasteiger partial charge on any atom is 0.196 e. The molecule has 1 atom stereocenters. The fourth-order valence-corrected chi connectivity index (χ4v) is 2.46.